The van der Waals surface area contributed by atoms with Gasteiger partial charge in [-0.25, -0.2) is 4.79 Å². The summed E-state index contributed by atoms with van der Waals surface area (Å²) in [5, 5.41) is 2.78. The Morgan fingerprint density at radius 2 is 1.68 bits per heavy atom. The molecule has 1 aromatic carbocycles. The second kappa shape index (κ2) is 6.22. The number of likely N-dealkylation sites (tertiary alicyclic amines) is 1. The lowest BCUT2D eigenvalue weighted by Gasteiger charge is -2.21. The molecule has 1 saturated heterocycles. The van der Waals surface area contributed by atoms with Gasteiger partial charge in [-0.1, -0.05) is 25.0 Å². The van der Waals surface area contributed by atoms with E-state index < -0.39 is 5.91 Å². The van der Waals surface area contributed by atoms with Crippen LogP contribution < -0.4 is 11.1 Å². The lowest BCUT2D eigenvalue weighted by atomic mass is 10.1. The van der Waals surface area contributed by atoms with Crippen LogP contribution in [-0.2, 0) is 0 Å². The normalized spacial score (nSPS) is 15.7. The van der Waals surface area contributed by atoms with Gasteiger partial charge in [0.05, 0.1) is 11.3 Å². The summed E-state index contributed by atoms with van der Waals surface area (Å²) in [4.78, 5) is 25.2. The van der Waals surface area contributed by atoms with Crippen LogP contribution in [0.25, 0.3) is 0 Å². The average molecular weight is 261 g/mol. The molecule has 2 rings (SSSR count). The van der Waals surface area contributed by atoms with Crippen LogP contribution in [0.3, 0.4) is 0 Å². The first-order chi connectivity index (χ1) is 9.18. The third-order valence-corrected chi connectivity index (χ3v) is 3.33. The standard InChI is InChI=1S/C14H19N3O2/c15-13(18)11-7-3-4-8-12(11)16-14(19)17-9-5-1-2-6-10-17/h3-4,7-8H,1-2,5-6,9-10H2,(H2,15,18)(H,16,19). The number of urea groups is 1. The highest BCUT2D eigenvalue weighted by Gasteiger charge is 2.17. The van der Waals surface area contributed by atoms with Crippen molar-refractivity contribution in [3.05, 3.63) is 29.8 Å². The van der Waals surface area contributed by atoms with Crippen molar-refractivity contribution in [2.75, 3.05) is 18.4 Å². The molecular formula is C14H19N3O2. The van der Waals surface area contributed by atoms with Crippen molar-refractivity contribution in [1.29, 1.82) is 0 Å². The highest BCUT2D eigenvalue weighted by atomic mass is 16.2. The van der Waals surface area contributed by atoms with E-state index in [4.69, 9.17) is 5.73 Å². The molecule has 1 heterocycles. The number of carbonyl (C=O) groups excluding carboxylic acids is 2. The van der Waals surface area contributed by atoms with Gasteiger partial charge in [-0.15, -0.1) is 0 Å². The van der Waals surface area contributed by atoms with Gasteiger partial charge in [0.25, 0.3) is 5.91 Å². The third-order valence-electron chi connectivity index (χ3n) is 3.33. The van der Waals surface area contributed by atoms with Gasteiger partial charge in [0.2, 0.25) is 0 Å². The molecule has 0 aliphatic carbocycles. The van der Waals surface area contributed by atoms with E-state index in [0.717, 1.165) is 25.9 Å². The van der Waals surface area contributed by atoms with Gasteiger partial charge in [0.1, 0.15) is 0 Å². The monoisotopic (exact) mass is 261 g/mol. The molecular weight excluding hydrogens is 242 g/mol. The summed E-state index contributed by atoms with van der Waals surface area (Å²) < 4.78 is 0. The summed E-state index contributed by atoms with van der Waals surface area (Å²) in [7, 11) is 0. The number of benzene rings is 1. The maximum absolute atomic E-state index is 12.2. The fourth-order valence-electron chi connectivity index (χ4n) is 2.28. The van der Waals surface area contributed by atoms with Crippen molar-refractivity contribution in [2.45, 2.75) is 25.7 Å². The Bertz CT molecular complexity index is 466. The van der Waals surface area contributed by atoms with E-state index in [1.54, 1.807) is 29.2 Å². The van der Waals surface area contributed by atoms with Crippen LogP contribution in [0.1, 0.15) is 36.0 Å². The van der Waals surface area contributed by atoms with Crippen molar-refractivity contribution in [3.63, 3.8) is 0 Å². The molecule has 1 fully saturated rings. The van der Waals surface area contributed by atoms with E-state index >= 15 is 0 Å². The van der Waals surface area contributed by atoms with Crippen molar-refractivity contribution >= 4 is 17.6 Å². The number of amides is 3. The van der Waals surface area contributed by atoms with Crippen LogP contribution in [0.5, 0.6) is 0 Å². The van der Waals surface area contributed by atoms with E-state index in [0.29, 0.717) is 11.3 Å². The Hall–Kier alpha value is -2.04. The van der Waals surface area contributed by atoms with E-state index in [2.05, 4.69) is 5.32 Å². The topological polar surface area (TPSA) is 75.4 Å². The SMILES string of the molecule is NC(=O)c1ccccc1NC(=O)N1CCCCCC1. The number of nitrogens with two attached hydrogens (primary N) is 1. The Morgan fingerprint density at radius 1 is 1.05 bits per heavy atom. The van der Waals surface area contributed by atoms with E-state index in [-0.39, 0.29) is 6.03 Å². The third kappa shape index (κ3) is 3.47. The van der Waals surface area contributed by atoms with Crippen LogP contribution in [-0.4, -0.2) is 29.9 Å². The van der Waals surface area contributed by atoms with Crippen LogP contribution in [0, 0.1) is 0 Å². The number of nitrogens with one attached hydrogen (secondary N) is 1. The molecule has 0 aromatic heterocycles. The first-order valence-electron chi connectivity index (χ1n) is 6.63. The van der Waals surface area contributed by atoms with Crippen molar-refractivity contribution in [1.82, 2.24) is 4.90 Å². The molecule has 1 aromatic rings. The predicted octanol–water partition coefficient (Wildman–Crippen LogP) is 2.19. The number of rotatable bonds is 2. The Kier molecular flexibility index (Phi) is 4.39. The molecule has 5 nitrogen and oxygen atoms in total. The smallest absolute Gasteiger partial charge is 0.321 e. The molecule has 0 saturated carbocycles. The molecule has 0 bridgehead atoms. The molecule has 1 aliphatic rings. The number of hydrogen-bond acceptors (Lipinski definition) is 2. The zero-order valence-corrected chi connectivity index (χ0v) is 10.9. The molecule has 102 valence electrons. The molecule has 19 heavy (non-hydrogen) atoms. The molecule has 0 unspecified atom stereocenters. The number of primary amides is 1. The zero-order valence-electron chi connectivity index (χ0n) is 10.9. The van der Waals surface area contributed by atoms with E-state index in [1.165, 1.54) is 12.8 Å². The van der Waals surface area contributed by atoms with Gasteiger partial charge < -0.3 is 16.0 Å². The lowest BCUT2D eigenvalue weighted by molar-refractivity contribution is 0.100. The average Bonchev–Trinajstić information content (AvgIpc) is 2.68. The van der Waals surface area contributed by atoms with Gasteiger partial charge in [0.15, 0.2) is 0 Å². The van der Waals surface area contributed by atoms with Crippen LogP contribution >= 0.6 is 0 Å². The van der Waals surface area contributed by atoms with Gasteiger partial charge in [-0.2, -0.15) is 0 Å². The minimum Gasteiger partial charge on any atom is -0.366 e. The van der Waals surface area contributed by atoms with Crippen LogP contribution in [0.15, 0.2) is 24.3 Å². The van der Waals surface area contributed by atoms with Gasteiger partial charge in [-0.05, 0) is 25.0 Å². The summed E-state index contributed by atoms with van der Waals surface area (Å²) in [5.41, 5.74) is 6.10. The fourth-order valence-corrected chi connectivity index (χ4v) is 2.28. The fraction of sp³-hybridized carbons (Fsp3) is 0.429. The summed E-state index contributed by atoms with van der Waals surface area (Å²) in [6, 6.07) is 6.64. The minimum absolute atomic E-state index is 0.157. The number of anilines is 1. The Labute approximate surface area is 112 Å². The predicted molar refractivity (Wildman–Crippen MR) is 74.0 cm³/mol. The van der Waals surface area contributed by atoms with E-state index in [9.17, 15) is 9.59 Å². The van der Waals surface area contributed by atoms with Crippen molar-refractivity contribution < 1.29 is 9.59 Å². The van der Waals surface area contributed by atoms with Crippen LogP contribution in [0.4, 0.5) is 10.5 Å². The summed E-state index contributed by atoms with van der Waals surface area (Å²) in [6.07, 6.45) is 4.40. The van der Waals surface area contributed by atoms with Gasteiger partial charge in [-0.3, -0.25) is 4.79 Å². The zero-order chi connectivity index (χ0) is 13.7. The first kappa shape index (κ1) is 13.4. The van der Waals surface area contributed by atoms with Crippen molar-refractivity contribution in [2.24, 2.45) is 5.73 Å². The van der Waals surface area contributed by atoms with Crippen molar-refractivity contribution in [3.8, 4) is 0 Å². The second-order valence-corrected chi connectivity index (χ2v) is 4.74. The lowest BCUT2D eigenvalue weighted by Crippen LogP contribution is -2.36. The Balaban J connectivity index is 2.07. The number of nitrogens with zero attached hydrogens (tertiary/aromatic N) is 1. The maximum Gasteiger partial charge on any atom is 0.321 e. The van der Waals surface area contributed by atoms with E-state index in [1.807, 2.05) is 0 Å². The molecule has 3 amide bonds. The number of carbonyl (C=O) groups is 2. The highest BCUT2D eigenvalue weighted by molar-refractivity contribution is 6.02. The largest absolute Gasteiger partial charge is 0.366 e. The number of hydrogen-bond donors (Lipinski definition) is 2. The molecule has 5 heteroatoms. The van der Waals surface area contributed by atoms with Crippen LogP contribution in [0.2, 0.25) is 0 Å². The highest BCUT2D eigenvalue weighted by Crippen LogP contribution is 2.16. The summed E-state index contributed by atoms with van der Waals surface area (Å²) >= 11 is 0. The maximum atomic E-state index is 12.2. The molecule has 0 radical (unpaired) electrons. The molecule has 1 aliphatic heterocycles. The Morgan fingerprint density at radius 3 is 2.32 bits per heavy atom. The van der Waals surface area contributed by atoms with Gasteiger partial charge in [0, 0.05) is 13.1 Å². The minimum atomic E-state index is -0.535. The quantitative estimate of drug-likeness (QED) is 0.856. The second-order valence-electron chi connectivity index (χ2n) is 4.74. The summed E-state index contributed by atoms with van der Waals surface area (Å²) in [6.45, 7) is 1.54. The molecule has 0 spiro atoms. The van der Waals surface area contributed by atoms with Gasteiger partial charge >= 0.3 is 6.03 Å². The molecule has 3 N–H and O–H groups in total. The number of para-hydroxylation sites is 1. The molecule has 0 atom stereocenters. The first-order valence-corrected chi connectivity index (χ1v) is 6.63. The summed E-state index contributed by atoms with van der Waals surface area (Å²) in [5.74, 6) is -0.535.